The van der Waals surface area contributed by atoms with Gasteiger partial charge in [0.2, 0.25) is 0 Å². The minimum absolute atomic E-state index is 0.0210. The van der Waals surface area contributed by atoms with Crippen LogP contribution in [-0.2, 0) is 0 Å². The standard InChI is InChI=1S/C48H32N4O8/c1-27(53)28-10-20-39-41(23-28)47(57)51(45(39)55)33-7-5-8-34(25-33)52-46(56)40-21-11-30(24-42(40)48(52)58)44(54)50-32-14-18-36(19-15-32)60-43-26-37(22-29-6-3-4-9-38(29)43)59-35-16-12-31(49-2)13-17-35/h3-26,49H,1-2H3,(H,50,54). The molecule has 2 aliphatic heterocycles. The second-order valence-electron chi connectivity index (χ2n) is 14.1. The summed E-state index contributed by atoms with van der Waals surface area (Å²) in [5.41, 5.74) is 2.46. The van der Waals surface area contributed by atoms with Crippen molar-refractivity contribution in [3.63, 3.8) is 0 Å². The molecule has 2 aliphatic rings. The number of nitrogens with one attached hydrogen (secondary N) is 2. The molecule has 0 unspecified atom stereocenters. The van der Waals surface area contributed by atoms with Crippen molar-refractivity contribution in [1.82, 2.24) is 0 Å². The number of ketones is 1. The summed E-state index contributed by atoms with van der Waals surface area (Å²) in [6, 6.07) is 40.5. The van der Waals surface area contributed by atoms with E-state index in [4.69, 9.17) is 9.47 Å². The van der Waals surface area contributed by atoms with Crippen LogP contribution in [0.4, 0.5) is 22.7 Å². The lowest BCUT2D eigenvalue weighted by Crippen LogP contribution is -2.31. The predicted molar refractivity (Wildman–Crippen MR) is 226 cm³/mol. The fourth-order valence-electron chi connectivity index (χ4n) is 7.24. The number of hydrogen-bond acceptors (Lipinski definition) is 9. The van der Waals surface area contributed by atoms with Crippen LogP contribution in [0.2, 0.25) is 0 Å². The highest BCUT2D eigenvalue weighted by atomic mass is 16.5. The Bertz CT molecular complexity index is 2980. The third kappa shape index (κ3) is 6.67. The highest BCUT2D eigenvalue weighted by molar-refractivity contribution is 6.36. The average molecular weight is 793 g/mol. The largest absolute Gasteiger partial charge is 0.457 e. The minimum Gasteiger partial charge on any atom is -0.457 e. The van der Waals surface area contributed by atoms with Gasteiger partial charge in [-0.05, 0) is 115 Å². The number of anilines is 4. The number of imide groups is 2. The van der Waals surface area contributed by atoms with Gasteiger partial charge in [-0.3, -0.25) is 28.8 Å². The van der Waals surface area contributed by atoms with Crippen LogP contribution in [-0.4, -0.2) is 42.4 Å². The molecule has 0 fully saturated rings. The summed E-state index contributed by atoms with van der Waals surface area (Å²) in [5, 5.41) is 7.74. The van der Waals surface area contributed by atoms with Crippen molar-refractivity contribution in [1.29, 1.82) is 0 Å². The molecule has 0 saturated carbocycles. The van der Waals surface area contributed by atoms with Gasteiger partial charge < -0.3 is 20.1 Å². The Hall–Kier alpha value is -8.38. The number of hydrogen-bond donors (Lipinski definition) is 2. The zero-order valence-electron chi connectivity index (χ0n) is 32.0. The lowest BCUT2D eigenvalue weighted by Gasteiger charge is -2.18. The van der Waals surface area contributed by atoms with Gasteiger partial charge in [0.05, 0.1) is 33.6 Å². The van der Waals surface area contributed by atoms with Crippen LogP contribution in [0.5, 0.6) is 23.0 Å². The minimum atomic E-state index is -0.676. The number of Topliss-reactive ketones (excluding diaryl/α,β-unsaturated/α-hetero) is 1. The van der Waals surface area contributed by atoms with Crippen molar-refractivity contribution in [2.24, 2.45) is 0 Å². The van der Waals surface area contributed by atoms with Gasteiger partial charge in [-0.15, -0.1) is 0 Å². The molecule has 2 heterocycles. The number of nitrogens with zero attached hydrogens (tertiary/aromatic N) is 2. The SMILES string of the molecule is CNc1ccc(Oc2cc(Oc3ccc(NC(=O)c4ccc5c(c4)C(=O)N(c4cccc(N6C(=O)c7ccc(C(C)=O)cc7C6=O)c4)C5=O)cc3)c3ccccc3c2)cc1. The fraction of sp³-hybridized carbons (Fsp3) is 0.0417. The molecular weight excluding hydrogens is 761 g/mol. The van der Waals surface area contributed by atoms with E-state index in [2.05, 4.69) is 10.6 Å². The van der Waals surface area contributed by atoms with Crippen LogP contribution in [0.3, 0.4) is 0 Å². The van der Waals surface area contributed by atoms with Crippen molar-refractivity contribution < 1.29 is 38.2 Å². The van der Waals surface area contributed by atoms with Crippen molar-refractivity contribution in [2.75, 3.05) is 27.5 Å². The third-order valence-corrected chi connectivity index (χ3v) is 10.3. The molecule has 12 nitrogen and oxygen atoms in total. The highest BCUT2D eigenvalue weighted by Crippen LogP contribution is 2.38. The lowest BCUT2D eigenvalue weighted by molar-refractivity contribution is 0.0912. The summed E-state index contributed by atoms with van der Waals surface area (Å²) in [6.45, 7) is 1.36. The van der Waals surface area contributed by atoms with E-state index >= 15 is 0 Å². The Balaban J connectivity index is 0.895. The first-order valence-corrected chi connectivity index (χ1v) is 18.8. The summed E-state index contributed by atoms with van der Waals surface area (Å²) in [5.74, 6) is -0.926. The maximum atomic E-state index is 13.8. The molecule has 12 heteroatoms. The molecule has 0 bridgehead atoms. The summed E-state index contributed by atoms with van der Waals surface area (Å²) < 4.78 is 12.5. The quantitative estimate of drug-likeness (QED) is 0.102. The molecule has 9 rings (SSSR count). The Morgan fingerprint density at radius 3 is 1.67 bits per heavy atom. The maximum absolute atomic E-state index is 13.8. The molecule has 0 aliphatic carbocycles. The number of ether oxygens (including phenoxy) is 2. The van der Waals surface area contributed by atoms with E-state index in [-0.39, 0.29) is 45.0 Å². The first kappa shape index (κ1) is 37.2. The monoisotopic (exact) mass is 792 g/mol. The molecule has 292 valence electrons. The molecule has 7 aromatic carbocycles. The van der Waals surface area contributed by atoms with Gasteiger partial charge in [-0.2, -0.15) is 0 Å². The third-order valence-electron chi connectivity index (χ3n) is 10.3. The summed E-state index contributed by atoms with van der Waals surface area (Å²) >= 11 is 0. The van der Waals surface area contributed by atoms with Crippen molar-refractivity contribution in [2.45, 2.75) is 6.92 Å². The molecule has 5 amide bonds. The van der Waals surface area contributed by atoms with E-state index in [1.165, 1.54) is 67.6 Å². The Morgan fingerprint density at radius 1 is 0.500 bits per heavy atom. The second-order valence-corrected chi connectivity index (χ2v) is 14.1. The van der Waals surface area contributed by atoms with Gasteiger partial charge in [-0.1, -0.05) is 36.4 Å². The summed E-state index contributed by atoms with van der Waals surface area (Å²) in [4.78, 5) is 81.2. The molecular formula is C48H32N4O8. The second kappa shape index (κ2) is 14.8. The number of fused-ring (bicyclic) bond motifs is 3. The van der Waals surface area contributed by atoms with E-state index in [1.54, 1.807) is 24.3 Å². The van der Waals surface area contributed by atoms with Gasteiger partial charge in [-0.25, -0.2) is 9.80 Å². The predicted octanol–water partition coefficient (Wildman–Crippen LogP) is 9.52. The molecule has 0 radical (unpaired) electrons. The van der Waals surface area contributed by atoms with E-state index in [0.29, 0.717) is 34.2 Å². The topological polar surface area (TPSA) is 151 Å². The van der Waals surface area contributed by atoms with Crippen LogP contribution in [0.25, 0.3) is 10.8 Å². The van der Waals surface area contributed by atoms with Gasteiger partial charge in [0.1, 0.15) is 23.0 Å². The zero-order chi connectivity index (χ0) is 41.7. The van der Waals surface area contributed by atoms with Crippen molar-refractivity contribution >= 4 is 68.8 Å². The molecule has 0 spiro atoms. The molecule has 0 aromatic heterocycles. The number of benzene rings is 7. The number of amides is 5. The van der Waals surface area contributed by atoms with E-state index in [1.807, 2.05) is 67.7 Å². The van der Waals surface area contributed by atoms with Gasteiger partial charge in [0.15, 0.2) is 5.78 Å². The number of carbonyl (C=O) groups is 6. The number of rotatable bonds is 10. The van der Waals surface area contributed by atoms with Crippen LogP contribution in [0.1, 0.15) is 69.1 Å². The Kier molecular flexibility index (Phi) is 9.21. The molecule has 7 aromatic rings. The van der Waals surface area contributed by atoms with E-state index < -0.39 is 29.5 Å². The molecule has 0 atom stereocenters. The van der Waals surface area contributed by atoms with Crippen molar-refractivity contribution in [3.8, 4) is 23.0 Å². The number of carbonyl (C=O) groups excluding carboxylic acids is 6. The summed E-state index contributed by atoms with van der Waals surface area (Å²) in [6.07, 6.45) is 0. The normalized spacial score (nSPS) is 13.0. The van der Waals surface area contributed by atoms with E-state index in [9.17, 15) is 28.8 Å². The van der Waals surface area contributed by atoms with Crippen molar-refractivity contribution in [3.05, 3.63) is 179 Å². The zero-order valence-corrected chi connectivity index (χ0v) is 32.0. The van der Waals surface area contributed by atoms with Crippen LogP contribution >= 0.6 is 0 Å². The van der Waals surface area contributed by atoms with Crippen LogP contribution in [0, 0.1) is 0 Å². The first-order valence-electron chi connectivity index (χ1n) is 18.8. The Morgan fingerprint density at radius 2 is 1.05 bits per heavy atom. The highest BCUT2D eigenvalue weighted by Gasteiger charge is 2.40. The van der Waals surface area contributed by atoms with Gasteiger partial charge in [0, 0.05) is 41.0 Å². The maximum Gasteiger partial charge on any atom is 0.266 e. The van der Waals surface area contributed by atoms with Gasteiger partial charge in [0.25, 0.3) is 29.5 Å². The molecule has 0 saturated heterocycles. The average Bonchev–Trinajstić information content (AvgIpc) is 3.67. The van der Waals surface area contributed by atoms with Crippen LogP contribution < -0.4 is 29.9 Å². The fourth-order valence-corrected chi connectivity index (χ4v) is 7.24. The molecule has 60 heavy (non-hydrogen) atoms. The Labute approximate surface area is 342 Å². The summed E-state index contributed by atoms with van der Waals surface area (Å²) in [7, 11) is 1.85. The lowest BCUT2D eigenvalue weighted by atomic mass is 10.0. The van der Waals surface area contributed by atoms with Gasteiger partial charge >= 0.3 is 0 Å². The smallest absolute Gasteiger partial charge is 0.266 e. The van der Waals surface area contributed by atoms with Crippen LogP contribution in [0.15, 0.2) is 146 Å². The first-order chi connectivity index (χ1) is 29.1. The molecule has 2 N–H and O–H groups in total. The van der Waals surface area contributed by atoms with E-state index in [0.717, 1.165) is 26.3 Å².